The number of aromatic nitrogens is 1. The van der Waals surface area contributed by atoms with Gasteiger partial charge in [0.05, 0.1) is 25.2 Å². The lowest BCUT2D eigenvalue weighted by Crippen LogP contribution is -2.11. The molecule has 0 N–H and O–H groups in total. The zero-order chi connectivity index (χ0) is 22.4. The summed E-state index contributed by atoms with van der Waals surface area (Å²) < 4.78 is 11.3. The van der Waals surface area contributed by atoms with E-state index in [0.717, 1.165) is 61.3 Å². The molecule has 5 aromatic rings. The highest BCUT2D eigenvalue weighted by atomic mass is 16.5. The van der Waals surface area contributed by atoms with Crippen molar-refractivity contribution in [2.75, 3.05) is 13.2 Å². The number of nitrogens with zero attached hydrogens (tertiary/aromatic N) is 1. The second-order valence-corrected chi connectivity index (χ2v) is 8.33. The number of carbonyl (C=O) groups is 1. The Morgan fingerprint density at radius 3 is 2.45 bits per heavy atom. The molecule has 0 radical (unpaired) electrons. The Morgan fingerprint density at radius 1 is 0.939 bits per heavy atom. The van der Waals surface area contributed by atoms with Crippen LogP contribution in [-0.2, 0) is 22.4 Å². The predicted molar refractivity (Wildman–Crippen MR) is 132 cm³/mol. The average Bonchev–Trinajstić information content (AvgIpc) is 2.85. The van der Waals surface area contributed by atoms with Crippen LogP contribution in [0, 0.1) is 0 Å². The van der Waals surface area contributed by atoms with Crippen LogP contribution in [-0.4, -0.2) is 24.2 Å². The van der Waals surface area contributed by atoms with Gasteiger partial charge in [0.1, 0.15) is 5.75 Å². The Balaban J connectivity index is 1.76. The van der Waals surface area contributed by atoms with Crippen LogP contribution in [0.2, 0.25) is 0 Å². The topological polar surface area (TPSA) is 48.4 Å². The van der Waals surface area contributed by atoms with E-state index in [1.165, 1.54) is 5.56 Å². The minimum Gasteiger partial charge on any atom is -0.493 e. The van der Waals surface area contributed by atoms with Gasteiger partial charge in [0, 0.05) is 23.6 Å². The molecule has 1 aliphatic rings. The molecule has 0 amide bonds. The van der Waals surface area contributed by atoms with Crippen molar-refractivity contribution in [1.82, 2.24) is 4.98 Å². The van der Waals surface area contributed by atoms with E-state index in [0.29, 0.717) is 13.2 Å². The summed E-state index contributed by atoms with van der Waals surface area (Å²) in [6, 6.07) is 22.9. The van der Waals surface area contributed by atoms with Gasteiger partial charge in [-0.15, -0.1) is 0 Å². The second-order valence-electron chi connectivity index (χ2n) is 8.33. The van der Waals surface area contributed by atoms with Crippen molar-refractivity contribution in [3.8, 4) is 16.9 Å². The van der Waals surface area contributed by atoms with Crippen molar-refractivity contribution in [2.45, 2.75) is 19.8 Å². The van der Waals surface area contributed by atoms with Crippen LogP contribution in [0.3, 0.4) is 0 Å². The normalized spacial score (nSPS) is 12.8. The largest absolute Gasteiger partial charge is 0.493 e. The van der Waals surface area contributed by atoms with Crippen LogP contribution < -0.4 is 4.74 Å². The molecule has 162 valence electrons. The standard InChI is InChI=1S/C29H23NO3/c1-2-32-26(31)17-24-21-9-4-3-7-19(21)20-8-5-6-10-22(20)28(24)23-11-12-25-27-18(14-16-33-25)13-15-30-29(23)27/h3-13,15H,2,14,16-17H2,1H3. The Hall–Kier alpha value is -3.92. The van der Waals surface area contributed by atoms with Gasteiger partial charge in [-0.25, -0.2) is 0 Å². The number of rotatable bonds is 4. The summed E-state index contributed by atoms with van der Waals surface area (Å²) in [5.41, 5.74) is 5.19. The third-order valence-electron chi connectivity index (χ3n) is 6.51. The molecule has 0 saturated carbocycles. The molecular weight excluding hydrogens is 410 g/mol. The number of hydrogen-bond acceptors (Lipinski definition) is 4. The van der Waals surface area contributed by atoms with E-state index in [1.807, 2.05) is 31.3 Å². The molecule has 0 saturated heterocycles. The Labute approximate surface area is 191 Å². The summed E-state index contributed by atoms with van der Waals surface area (Å²) in [6.07, 6.45) is 2.95. The highest BCUT2D eigenvalue weighted by Gasteiger charge is 2.23. The van der Waals surface area contributed by atoms with Gasteiger partial charge < -0.3 is 9.47 Å². The van der Waals surface area contributed by atoms with Gasteiger partial charge in [-0.1, -0.05) is 48.5 Å². The van der Waals surface area contributed by atoms with Gasteiger partial charge in [0.15, 0.2) is 0 Å². The molecule has 0 unspecified atom stereocenters. The summed E-state index contributed by atoms with van der Waals surface area (Å²) in [5.74, 6) is 0.651. The van der Waals surface area contributed by atoms with Crippen molar-refractivity contribution in [3.63, 3.8) is 0 Å². The molecule has 4 heteroatoms. The number of fused-ring (bicyclic) bond motifs is 3. The number of carbonyl (C=O) groups excluding carboxylic acids is 1. The van der Waals surface area contributed by atoms with Crippen LogP contribution in [0.4, 0.5) is 0 Å². The second kappa shape index (κ2) is 7.89. The Bertz CT molecular complexity index is 1540. The van der Waals surface area contributed by atoms with Crippen LogP contribution in [0.5, 0.6) is 5.75 Å². The van der Waals surface area contributed by atoms with E-state index in [4.69, 9.17) is 14.5 Å². The third kappa shape index (κ3) is 3.13. The lowest BCUT2D eigenvalue weighted by molar-refractivity contribution is -0.142. The molecule has 0 atom stereocenters. The molecule has 1 aliphatic heterocycles. The minimum absolute atomic E-state index is 0.202. The first-order valence-electron chi connectivity index (χ1n) is 11.4. The van der Waals surface area contributed by atoms with Crippen molar-refractivity contribution >= 4 is 38.4 Å². The molecule has 0 bridgehead atoms. The Morgan fingerprint density at radius 2 is 1.67 bits per heavy atom. The number of ether oxygens (including phenoxy) is 2. The van der Waals surface area contributed by atoms with Gasteiger partial charge >= 0.3 is 5.97 Å². The van der Waals surface area contributed by atoms with Crippen molar-refractivity contribution in [3.05, 3.63) is 84.1 Å². The predicted octanol–water partition coefficient (Wildman–Crippen LogP) is 6.25. The molecule has 4 nitrogen and oxygen atoms in total. The van der Waals surface area contributed by atoms with Crippen LogP contribution in [0.1, 0.15) is 18.1 Å². The molecule has 2 heterocycles. The molecular formula is C29H23NO3. The number of esters is 1. The number of pyridine rings is 1. The van der Waals surface area contributed by atoms with E-state index >= 15 is 0 Å². The fourth-order valence-corrected chi connectivity index (χ4v) is 5.17. The minimum atomic E-state index is -0.224. The number of benzene rings is 4. The summed E-state index contributed by atoms with van der Waals surface area (Å²) in [5, 5.41) is 5.54. The monoisotopic (exact) mass is 433 g/mol. The lowest BCUT2D eigenvalue weighted by Gasteiger charge is -2.22. The maximum absolute atomic E-state index is 12.7. The van der Waals surface area contributed by atoms with Gasteiger partial charge in [-0.05, 0) is 63.4 Å². The first-order valence-corrected chi connectivity index (χ1v) is 11.4. The highest BCUT2D eigenvalue weighted by molar-refractivity contribution is 6.18. The maximum Gasteiger partial charge on any atom is 0.310 e. The van der Waals surface area contributed by atoms with E-state index in [1.54, 1.807) is 0 Å². The SMILES string of the molecule is CCOC(=O)Cc1c(-c2ccc3c4c(ccnc24)CCO3)c2ccccc2c2ccccc12. The molecule has 0 aliphatic carbocycles. The van der Waals surface area contributed by atoms with Crippen LogP contribution >= 0.6 is 0 Å². The fourth-order valence-electron chi connectivity index (χ4n) is 5.17. The zero-order valence-corrected chi connectivity index (χ0v) is 18.4. The van der Waals surface area contributed by atoms with E-state index in [2.05, 4.69) is 48.5 Å². The average molecular weight is 434 g/mol. The zero-order valence-electron chi connectivity index (χ0n) is 18.4. The molecule has 1 aromatic heterocycles. The van der Waals surface area contributed by atoms with Crippen molar-refractivity contribution in [2.24, 2.45) is 0 Å². The van der Waals surface area contributed by atoms with E-state index < -0.39 is 0 Å². The first-order chi connectivity index (χ1) is 16.3. The summed E-state index contributed by atoms with van der Waals surface area (Å²) in [7, 11) is 0. The Kier molecular flexibility index (Phi) is 4.72. The van der Waals surface area contributed by atoms with Crippen LogP contribution in [0.25, 0.3) is 43.6 Å². The van der Waals surface area contributed by atoms with Gasteiger partial charge in [0.2, 0.25) is 0 Å². The fraction of sp³-hybridized carbons (Fsp3) is 0.172. The maximum atomic E-state index is 12.7. The van der Waals surface area contributed by atoms with Crippen LogP contribution in [0.15, 0.2) is 72.9 Å². The van der Waals surface area contributed by atoms with Crippen molar-refractivity contribution < 1.29 is 14.3 Å². The molecule has 0 fully saturated rings. The van der Waals surface area contributed by atoms with E-state index in [9.17, 15) is 4.79 Å². The molecule has 33 heavy (non-hydrogen) atoms. The first kappa shape index (κ1) is 19.7. The van der Waals surface area contributed by atoms with Gasteiger partial charge in [0.25, 0.3) is 0 Å². The van der Waals surface area contributed by atoms with E-state index in [-0.39, 0.29) is 12.4 Å². The van der Waals surface area contributed by atoms with Gasteiger partial charge in [-0.2, -0.15) is 0 Å². The summed E-state index contributed by atoms with van der Waals surface area (Å²) in [6.45, 7) is 2.88. The molecule has 4 aromatic carbocycles. The summed E-state index contributed by atoms with van der Waals surface area (Å²) >= 11 is 0. The number of hydrogen-bond donors (Lipinski definition) is 0. The third-order valence-corrected chi connectivity index (χ3v) is 6.51. The smallest absolute Gasteiger partial charge is 0.310 e. The van der Waals surface area contributed by atoms with Gasteiger partial charge in [-0.3, -0.25) is 9.78 Å². The summed E-state index contributed by atoms with van der Waals surface area (Å²) in [4.78, 5) is 17.6. The van der Waals surface area contributed by atoms with Crippen molar-refractivity contribution in [1.29, 1.82) is 0 Å². The molecule has 0 spiro atoms. The quantitative estimate of drug-likeness (QED) is 0.248. The molecule has 6 rings (SSSR count). The lowest BCUT2D eigenvalue weighted by atomic mass is 9.85. The highest BCUT2D eigenvalue weighted by Crippen LogP contribution is 2.44.